The lowest BCUT2D eigenvalue weighted by atomic mass is 10.2. The van der Waals surface area contributed by atoms with Crippen LogP contribution in [0.5, 0.6) is 0 Å². The molecule has 14 nitrogen and oxygen atoms in total. The highest BCUT2D eigenvalue weighted by molar-refractivity contribution is 5.83. The van der Waals surface area contributed by atoms with Gasteiger partial charge in [0.25, 0.3) is 0 Å². The summed E-state index contributed by atoms with van der Waals surface area (Å²) in [6, 6.07) is -0.335. The van der Waals surface area contributed by atoms with Crippen LogP contribution in [0.3, 0.4) is 0 Å². The van der Waals surface area contributed by atoms with Gasteiger partial charge in [0.05, 0.1) is 26.2 Å². The summed E-state index contributed by atoms with van der Waals surface area (Å²) >= 11 is 0. The number of hydrogen-bond donors (Lipinski definition) is 4. The zero-order chi connectivity index (χ0) is 26.5. The number of hydrogen-bond acceptors (Lipinski definition) is 9. The number of carboxylic acid groups (broad SMARTS) is 4. The van der Waals surface area contributed by atoms with Crippen LogP contribution < -0.4 is 0 Å². The summed E-state index contributed by atoms with van der Waals surface area (Å²) in [5.74, 6) is -4.63. The van der Waals surface area contributed by atoms with Crippen LogP contribution in [0.25, 0.3) is 0 Å². The molecule has 1 saturated heterocycles. The normalized spacial score (nSPS) is 17.9. The Kier molecular flexibility index (Phi) is 13.2. The number of amides is 1. The molecule has 1 fully saturated rings. The van der Waals surface area contributed by atoms with Crippen molar-refractivity contribution in [2.45, 2.75) is 19.9 Å². The maximum Gasteiger partial charge on any atom is 0.323 e. The average Bonchev–Trinajstić information content (AvgIpc) is 2.72. The molecule has 0 unspecified atom stereocenters. The minimum Gasteiger partial charge on any atom is -0.480 e. The highest BCUT2D eigenvalue weighted by Crippen LogP contribution is 2.05. The minimum atomic E-state index is -1.13. The second kappa shape index (κ2) is 15.2. The molecule has 0 aromatic rings. The van der Waals surface area contributed by atoms with Crippen LogP contribution in [0.1, 0.15) is 13.8 Å². The molecular weight excluding hydrogens is 466 g/mol. The third-order valence-electron chi connectivity index (χ3n) is 5.61. The predicted molar refractivity (Wildman–Crippen MR) is 123 cm³/mol. The van der Waals surface area contributed by atoms with Crippen LogP contribution in [0.15, 0.2) is 0 Å². The van der Waals surface area contributed by atoms with Crippen molar-refractivity contribution in [3.05, 3.63) is 0 Å². The van der Waals surface area contributed by atoms with Crippen LogP contribution >= 0.6 is 0 Å². The van der Waals surface area contributed by atoms with Gasteiger partial charge in [0, 0.05) is 58.4 Å². The van der Waals surface area contributed by atoms with Gasteiger partial charge in [-0.05, 0) is 13.8 Å². The van der Waals surface area contributed by atoms with Gasteiger partial charge < -0.3 is 25.3 Å². The van der Waals surface area contributed by atoms with Crippen molar-refractivity contribution < 1.29 is 44.4 Å². The Labute approximate surface area is 204 Å². The first-order valence-electron chi connectivity index (χ1n) is 11.4. The molecule has 1 aliphatic heterocycles. The van der Waals surface area contributed by atoms with Gasteiger partial charge in [-0.1, -0.05) is 0 Å². The third kappa shape index (κ3) is 13.0. The van der Waals surface area contributed by atoms with Crippen LogP contribution in [0.2, 0.25) is 0 Å². The molecule has 0 bridgehead atoms. The van der Waals surface area contributed by atoms with E-state index in [9.17, 15) is 39.3 Å². The van der Waals surface area contributed by atoms with E-state index in [-0.39, 0.29) is 84.6 Å². The Morgan fingerprint density at radius 2 is 0.857 bits per heavy atom. The van der Waals surface area contributed by atoms with E-state index >= 15 is 0 Å². The number of carbonyl (C=O) groups excluding carboxylic acids is 1. The Hall–Kier alpha value is -2.81. The molecule has 1 heterocycles. The number of nitrogens with zero attached hydrogens (tertiary/aromatic N) is 5. The van der Waals surface area contributed by atoms with Gasteiger partial charge in [-0.15, -0.1) is 0 Å². The summed E-state index contributed by atoms with van der Waals surface area (Å²) in [6.07, 6.45) is 0. The third-order valence-corrected chi connectivity index (χ3v) is 5.61. The molecule has 200 valence electrons. The van der Waals surface area contributed by atoms with Crippen LogP contribution in [-0.4, -0.2) is 166 Å². The second-order valence-electron chi connectivity index (χ2n) is 8.79. The van der Waals surface area contributed by atoms with E-state index in [1.165, 1.54) is 4.90 Å². The summed E-state index contributed by atoms with van der Waals surface area (Å²) in [5.41, 5.74) is 0. The maximum atomic E-state index is 12.9. The summed E-state index contributed by atoms with van der Waals surface area (Å²) in [5, 5.41) is 36.9. The zero-order valence-corrected chi connectivity index (χ0v) is 20.3. The Balaban J connectivity index is 3.06. The molecule has 35 heavy (non-hydrogen) atoms. The van der Waals surface area contributed by atoms with Gasteiger partial charge in [0.2, 0.25) is 5.91 Å². The van der Waals surface area contributed by atoms with E-state index in [1.54, 1.807) is 33.4 Å². The first-order valence-corrected chi connectivity index (χ1v) is 11.4. The van der Waals surface area contributed by atoms with Crippen molar-refractivity contribution in [1.82, 2.24) is 24.5 Å². The fourth-order valence-electron chi connectivity index (χ4n) is 3.77. The fourth-order valence-corrected chi connectivity index (χ4v) is 3.77. The summed E-state index contributed by atoms with van der Waals surface area (Å²) in [6.45, 7) is 4.35. The summed E-state index contributed by atoms with van der Waals surface area (Å²) < 4.78 is 0. The van der Waals surface area contributed by atoms with Crippen molar-refractivity contribution in [1.29, 1.82) is 0 Å². The maximum absolute atomic E-state index is 12.9. The van der Waals surface area contributed by atoms with Crippen LogP contribution in [0.4, 0.5) is 0 Å². The van der Waals surface area contributed by atoms with Gasteiger partial charge >= 0.3 is 23.9 Å². The van der Waals surface area contributed by atoms with E-state index < -0.39 is 36.3 Å². The van der Waals surface area contributed by atoms with Crippen LogP contribution in [0, 0.1) is 0 Å². The highest BCUT2D eigenvalue weighted by Gasteiger charge is 2.24. The topological polar surface area (TPSA) is 182 Å². The Morgan fingerprint density at radius 3 is 1.09 bits per heavy atom. The lowest BCUT2D eigenvalue weighted by Gasteiger charge is -2.34. The lowest BCUT2D eigenvalue weighted by molar-refractivity contribution is -0.146. The molecule has 0 spiro atoms. The van der Waals surface area contributed by atoms with E-state index in [0.717, 1.165) is 0 Å². The van der Waals surface area contributed by atoms with Gasteiger partial charge in [-0.3, -0.25) is 43.6 Å². The van der Waals surface area contributed by atoms with Gasteiger partial charge in [0.1, 0.15) is 6.54 Å². The molecule has 14 heteroatoms. The molecule has 1 rings (SSSR count). The standard InChI is InChI=1S/C21H37N5O9/c1-16(2)26(15-21(34)35)17(27)11-22-3-5-23(12-18(28)29)7-9-25(14-20(32)33)10-8-24(6-4-22)13-19(30)31/h16H,3-15H2,1-2H3,(H,28,29)(H,30,31)(H,32,33)(H,34,35). The molecule has 1 amide bonds. The molecule has 0 aromatic heterocycles. The smallest absolute Gasteiger partial charge is 0.323 e. The van der Waals surface area contributed by atoms with Gasteiger partial charge in [0.15, 0.2) is 0 Å². The van der Waals surface area contributed by atoms with E-state index in [0.29, 0.717) is 0 Å². The van der Waals surface area contributed by atoms with Crippen molar-refractivity contribution in [2.75, 3.05) is 85.1 Å². The Bertz CT molecular complexity index is 717. The van der Waals surface area contributed by atoms with Crippen LogP contribution in [-0.2, 0) is 24.0 Å². The number of rotatable bonds is 11. The molecule has 0 aliphatic carbocycles. The lowest BCUT2D eigenvalue weighted by Crippen LogP contribution is -2.51. The quantitative estimate of drug-likeness (QED) is 0.238. The highest BCUT2D eigenvalue weighted by atomic mass is 16.4. The minimum absolute atomic E-state index is 0.0988. The molecular formula is C21H37N5O9. The largest absolute Gasteiger partial charge is 0.480 e. The SMILES string of the molecule is CC(C)N(CC(=O)O)C(=O)CN1CCN(CC(=O)O)CCN(CC(=O)O)CCN(CC(=O)O)CC1. The average molecular weight is 504 g/mol. The molecule has 0 aromatic carbocycles. The molecule has 0 saturated carbocycles. The van der Waals surface area contributed by atoms with Crippen molar-refractivity contribution in [2.24, 2.45) is 0 Å². The van der Waals surface area contributed by atoms with E-state index in [4.69, 9.17) is 5.11 Å². The first kappa shape index (κ1) is 30.2. The molecule has 4 N–H and O–H groups in total. The van der Waals surface area contributed by atoms with Crippen molar-refractivity contribution in [3.8, 4) is 0 Å². The number of carbonyl (C=O) groups is 5. The second-order valence-corrected chi connectivity index (χ2v) is 8.79. The Morgan fingerprint density at radius 1 is 0.571 bits per heavy atom. The zero-order valence-electron chi connectivity index (χ0n) is 20.3. The van der Waals surface area contributed by atoms with E-state index in [2.05, 4.69) is 0 Å². The first-order chi connectivity index (χ1) is 16.4. The molecule has 0 radical (unpaired) electrons. The molecule has 0 atom stereocenters. The summed E-state index contributed by atoms with van der Waals surface area (Å²) in [4.78, 5) is 65.9. The number of carboxylic acids is 4. The predicted octanol–water partition coefficient (Wildman–Crippen LogP) is -2.22. The van der Waals surface area contributed by atoms with Gasteiger partial charge in [-0.25, -0.2) is 0 Å². The molecule has 1 aliphatic rings. The van der Waals surface area contributed by atoms with Gasteiger partial charge in [-0.2, -0.15) is 0 Å². The monoisotopic (exact) mass is 503 g/mol. The number of aliphatic carboxylic acids is 4. The van der Waals surface area contributed by atoms with E-state index in [1.807, 2.05) is 0 Å². The fraction of sp³-hybridized carbons (Fsp3) is 0.762. The van der Waals surface area contributed by atoms with Crippen molar-refractivity contribution >= 4 is 29.8 Å². The van der Waals surface area contributed by atoms with Crippen molar-refractivity contribution in [3.63, 3.8) is 0 Å². The summed E-state index contributed by atoms with van der Waals surface area (Å²) in [7, 11) is 0.